The van der Waals surface area contributed by atoms with Crippen molar-refractivity contribution in [1.29, 1.82) is 0 Å². The second kappa shape index (κ2) is 13.8. The molecule has 9 heteroatoms. The number of sulfonamides is 1. The van der Waals surface area contributed by atoms with Gasteiger partial charge in [0, 0.05) is 31.5 Å². The molecule has 3 aromatic rings. The quantitative estimate of drug-likeness (QED) is 0.317. The normalized spacial score (nSPS) is 12.4. The molecule has 0 unspecified atom stereocenters. The fourth-order valence-electron chi connectivity index (χ4n) is 4.62. The van der Waals surface area contributed by atoms with E-state index >= 15 is 0 Å². The van der Waals surface area contributed by atoms with Gasteiger partial charge in [0.2, 0.25) is 21.8 Å². The van der Waals surface area contributed by atoms with Crippen LogP contribution in [0.15, 0.2) is 78.9 Å². The zero-order valence-corrected chi connectivity index (χ0v) is 25.2. The number of nitrogens with one attached hydrogen (secondary N) is 1. The van der Waals surface area contributed by atoms with Crippen molar-refractivity contribution < 1.29 is 22.4 Å². The predicted octanol–water partition coefficient (Wildman–Crippen LogP) is 5.24. The smallest absolute Gasteiger partial charge is 0.243 e. The molecule has 1 atom stereocenters. The monoisotopic (exact) mass is 581 g/mol. The lowest BCUT2D eigenvalue weighted by molar-refractivity contribution is -0.142. The van der Waals surface area contributed by atoms with Gasteiger partial charge in [-0.3, -0.25) is 13.9 Å². The molecular weight excluding hydrogens is 541 g/mol. The lowest BCUT2D eigenvalue weighted by Gasteiger charge is -2.34. The summed E-state index contributed by atoms with van der Waals surface area (Å²) in [5, 5.41) is 3.01. The molecule has 2 amide bonds. The Bertz CT molecular complexity index is 1420. The maximum atomic E-state index is 13.9. The third-order valence-corrected chi connectivity index (χ3v) is 7.75. The summed E-state index contributed by atoms with van der Waals surface area (Å²) in [4.78, 5) is 29.0. The van der Waals surface area contributed by atoms with Crippen LogP contribution in [0.2, 0.25) is 0 Å². The number of aryl methyl sites for hydroxylation is 1. The van der Waals surface area contributed by atoms with Crippen molar-refractivity contribution in [3.8, 4) is 0 Å². The van der Waals surface area contributed by atoms with Gasteiger partial charge < -0.3 is 10.2 Å². The Morgan fingerprint density at radius 1 is 0.902 bits per heavy atom. The van der Waals surface area contributed by atoms with Crippen LogP contribution in [-0.2, 0) is 32.6 Å². The van der Waals surface area contributed by atoms with Crippen molar-refractivity contribution in [1.82, 2.24) is 10.2 Å². The van der Waals surface area contributed by atoms with Crippen LogP contribution < -0.4 is 9.62 Å². The Labute approximate surface area is 243 Å². The standard InChI is InChI=1S/C32H40FN3O4S/c1-24-12-9-10-15-28(24)36(41(5,39)40)21-11-16-30(37)35(23-26-17-19-27(33)20-18-26)29(31(38)34-32(2,3)4)22-25-13-7-6-8-14-25/h6-10,12-15,17-20,29H,11,16,21-23H2,1-5H3,(H,34,38)/t29-/m1/s1. The van der Waals surface area contributed by atoms with Crippen molar-refractivity contribution in [2.24, 2.45) is 0 Å². The predicted molar refractivity (Wildman–Crippen MR) is 161 cm³/mol. The summed E-state index contributed by atoms with van der Waals surface area (Å²) in [6.07, 6.45) is 1.70. The molecule has 0 bridgehead atoms. The number of benzene rings is 3. The van der Waals surface area contributed by atoms with Crippen molar-refractivity contribution in [3.05, 3.63) is 101 Å². The number of anilines is 1. The summed E-state index contributed by atoms with van der Waals surface area (Å²) in [7, 11) is -3.59. The summed E-state index contributed by atoms with van der Waals surface area (Å²) < 4.78 is 40.3. The highest BCUT2D eigenvalue weighted by atomic mass is 32.2. The Balaban J connectivity index is 1.90. The van der Waals surface area contributed by atoms with Gasteiger partial charge in [0.05, 0.1) is 11.9 Å². The van der Waals surface area contributed by atoms with Crippen molar-refractivity contribution in [3.63, 3.8) is 0 Å². The number of nitrogens with zero attached hydrogens (tertiary/aromatic N) is 2. The SMILES string of the molecule is Cc1ccccc1N(CCCC(=O)N(Cc1ccc(F)cc1)[C@H](Cc1ccccc1)C(=O)NC(C)(C)C)S(C)(=O)=O. The molecule has 3 aromatic carbocycles. The number of carbonyl (C=O) groups excluding carboxylic acids is 2. The Morgan fingerprint density at radius 2 is 1.51 bits per heavy atom. The number of hydrogen-bond donors (Lipinski definition) is 1. The van der Waals surface area contributed by atoms with E-state index in [4.69, 9.17) is 0 Å². The maximum Gasteiger partial charge on any atom is 0.243 e. The molecular formula is C32H40FN3O4S. The number of carbonyl (C=O) groups is 2. The minimum absolute atomic E-state index is 0.0210. The third kappa shape index (κ3) is 9.70. The van der Waals surface area contributed by atoms with E-state index in [0.29, 0.717) is 11.3 Å². The molecule has 0 aliphatic carbocycles. The molecule has 0 spiro atoms. The number of halogens is 1. The average Bonchev–Trinajstić information content (AvgIpc) is 2.89. The number of hydrogen-bond acceptors (Lipinski definition) is 4. The summed E-state index contributed by atoms with van der Waals surface area (Å²) in [6, 6.07) is 21.7. The Kier molecular flexibility index (Phi) is 10.7. The molecule has 0 aliphatic heterocycles. The molecule has 0 radical (unpaired) electrons. The highest BCUT2D eigenvalue weighted by molar-refractivity contribution is 7.92. The number of para-hydroxylation sites is 1. The van der Waals surface area contributed by atoms with E-state index in [1.165, 1.54) is 21.3 Å². The lowest BCUT2D eigenvalue weighted by Crippen LogP contribution is -2.54. The van der Waals surface area contributed by atoms with Gasteiger partial charge in [0.1, 0.15) is 11.9 Å². The summed E-state index contributed by atoms with van der Waals surface area (Å²) in [5.74, 6) is -0.984. The minimum atomic E-state index is -3.59. The topological polar surface area (TPSA) is 86.8 Å². The van der Waals surface area contributed by atoms with Crippen LogP contribution in [0.4, 0.5) is 10.1 Å². The van der Waals surface area contributed by atoms with E-state index in [0.717, 1.165) is 17.4 Å². The van der Waals surface area contributed by atoms with E-state index < -0.39 is 27.4 Å². The summed E-state index contributed by atoms with van der Waals surface area (Å²) in [6.45, 7) is 7.68. The van der Waals surface area contributed by atoms with Gasteiger partial charge in [0.25, 0.3) is 0 Å². The lowest BCUT2D eigenvalue weighted by atomic mass is 10.00. The molecule has 0 heterocycles. The maximum absolute atomic E-state index is 13.9. The first-order valence-electron chi connectivity index (χ1n) is 13.7. The first-order chi connectivity index (χ1) is 19.2. The molecule has 7 nitrogen and oxygen atoms in total. The largest absolute Gasteiger partial charge is 0.350 e. The van der Waals surface area contributed by atoms with Crippen LogP contribution in [0.3, 0.4) is 0 Å². The average molecular weight is 582 g/mol. The van der Waals surface area contributed by atoms with Gasteiger partial charge >= 0.3 is 0 Å². The molecule has 3 rings (SSSR count). The van der Waals surface area contributed by atoms with Gasteiger partial charge in [-0.15, -0.1) is 0 Å². The first kappa shape index (κ1) is 31.8. The summed E-state index contributed by atoms with van der Waals surface area (Å²) >= 11 is 0. The molecule has 1 N–H and O–H groups in total. The van der Waals surface area contributed by atoms with E-state index in [9.17, 15) is 22.4 Å². The molecule has 41 heavy (non-hydrogen) atoms. The second-order valence-corrected chi connectivity index (χ2v) is 13.2. The van der Waals surface area contributed by atoms with Gasteiger partial charge in [-0.05, 0) is 69.0 Å². The van der Waals surface area contributed by atoms with E-state index in [1.54, 1.807) is 24.3 Å². The number of amides is 2. The van der Waals surface area contributed by atoms with E-state index in [1.807, 2.05) is 70.2 Å². The van der Waals surface area contributed by atoms with Crippen molar-refractivity contribution >= 4 is 27.5 Å². The second-order valence-electron chi connectivity index (χ2n) is 11.3. The molecule has 220 valence electrons. The van der Waals surface area contributed by atoms with Crippen molar-refractivity contribution in [2.75, 3.05) is 17.1 Å². The van der Waals surface area contributed by atoms with Crippen LogP contribution >= 0.6 is 0 Å². The molecule has 0 saturated carbocycles. The fraction of sp³-hybridized carbons (Fsp3) is 0.375. The molecule has 0 saturated heterocycles. The van der Waals surface area contributed by atoms with E-state index in [2.05, 4.69) is 5.32 Å². The first-order valence-corrected chi connectivity index (χ1v) is 15.5. The van der Waals surface area contributed by atoms with Crippen LogP contribution in [-0.4, -0.2) is 49.5 Å². The minimum Gasteiger partial charge on any atom is -0.350 e. The van der Waals surface area contributed by atoms with Crippen LogP contribution in [0.5, 0.6) is 0 Å². The summed E-state index contributed by atoms with van der Waals surface area (Å²) in [5.41, 5.74) is 2.42. The molecule has 0 fully saturated rings. The highest BCUT2D eigenvalue weighted by Crippen LogP contribution is 2.23. The van der Waals surface area contributed by atoms with Crippen molar-refractivity contribution in [2.45, 2.75) is 65.1 Å². The molecule has 0 aromatic heterocycles. The zero-order chi connectivity index (χ0) is 30.2. The van der Waals surface area contributed by atoms with Crippen LogP contribution in [0, 0.1) is 12.7 Å². The van der Waals surface area contributed by atoms with Gasteiger partial charge in [-0.25, -0.2) is 12.8 Å². The third-order valence-electron chi connectivity index (χ3n) is 6.57. The van der Waals surface area contributed by atoms with Gasteiger partial charge in [0.15, 0.2) is 0 Å². The van der Waals surface area contributed by atoms with Crippen LogP contribution in [0.1, 0.15) is 50.3 Å². The van der Waals surface area contributed by atoms with Crippen LogP contribution in [0.25, 0.3) is 0 Å². The number of rotatable bonds is 12. The van der Waals surface area contributed by atoms with E-state index in [-0.39, 0.29) is 44.2 Å². The Morgan fingerprint density at radius 3 is 2.10 bits per heavy atom. The highest BCUT2D eigenvalue weighted by Gasteiger charge is 2.32. The Hall–Kier alpha value is -3.72. The van der Waals surface area contributed by atoms with Gasteiger partial charge in [-0.1, -0.05) is 60.7 Å². The zero-order valence-electron chi connectivity index (χ0n) is 24.4. The fourth-order valence-corrected chi connectivity index (χ4v) is 5.64. The van der Waals surface area contributed by atoms with Gasteiger partial charge in [-0.2, -0.15) is 0 Å². The molecule has 0 aliphatic rings.